The van der Waals surface area contributed by atoms with E-state index in [1.165, 1.54) is 0 Å². The summed E-state index contributed by atoms with van der Waals surface area (Å²) in [7, 11) is 1.88. The molecule has 1 saturated carbocycles. The van der Waals surface area contributed by atoms with Gasteiger partial charge in [-0.3, -0.25) is 14.3 Å². The van der Waals surface area contributed by atoms with Crippen molar-refractivity contribution in [2.45, 2.75) is 68.8 Å². The van der Waals surface area contributed by atoms with Crippen LogP contribution in [-0.4, -0.2) is 63.6 Å². The number of nitrogens with zero attached hydrogens (tertiary/aromatic N) is 4. The molecule has 4 heterocycles. The molecule has 2 amide bonds. The van der Waals surface area contributed by atoms with E-state index in [4.69, 9.17) is 4.74 Å². The van der Waals surface area contributed by atoms with Crippen molar-refractivity contribution >= 4 is 23.3 Å². The molecule has 4 aromatic rings. The maximum atomic E-state index is 14.9. The van der Waals surface area contributed by atoms with Gasteiger partial charge in [0.25, 0.3) is 5.91 Å². The highest BCUT2D eigenvalue weighted by molar-refractivity contribution is 6.00. The Bertz CT molecular complexity index is 1830. The standard InChI is InChI=1S/C36H37FN6O3/c1-21-31(19-42(2)41-21)23-5-8-26(9-6-23)39-34(44)33(40-35(45)36(37)12-13-36)29-10-7-22-3-4-24(15-30(22)29)25-11-14-38-32(16-25)43-18-28-17-27(43)20-46-28/h3-6,8-9,11,14-16,19,27-29,33H,7,10,12-13,17-18,20H2,1-2H3,(H,39,44)(H,40,45)/t27-,28-,29+,33-/m0/s1. The molecule has 4 aliphatic rings. The van der Waals surface area contributed by atoms with Crippen LogP contribution in [0.15, 0.2) is 67.0 Å². The Labute approximate surface area is 267 Å². The first kappa shape index (κ1) is 28.9. The number of hydrogen-bond donors (Lipinski definition) is 2. The molecule has 46 heavy (non-hydrogen) atoms. The molecular formula is C36H37FN6O3. The number of aryl methyl sites for hydroxylation is 3. The van der Waals surface area contributed by atoms with E-state index >= 15 is 0 Å². The van der Waals surface area contributed by atoms with Gasteiger partial charge in [-0.05, 0) is 91.1 Å². The highest BCUT2D eigenvalue weighted by Gasteiger charge is 2.52. The number of halogens is 1. The van der Waals surface area contributed by atoms with Crippen LogP contribution in [0.2, 0.25) is 0 Å². The molecule has 9 nitrogen and oxygen atoms in total. The number of ether oxygens (including phenoxy) is 1. The molecule has 4 atom stereocenters. The van der Waals surface area contributed by atoms with Gasteiger partial charge in [-0.2, -0.15) is 5.10 Å². The van der Waals surface area contributed by atoms with E-state index in [-0.39, 0.29) is 30.8 Å². The minimum absolute atomic E-state index is 0.183. The van der Waals surface area contributed by atoms with Gasteiger partial charge in [0.2, 0.25) is 5.91 Å². The summed E-state index contributed by atoms with van der Waals surface area (Å²) in [4.78, 5) is 33.9. The van der Waals surface area contributed by atoms with Gasteiger partial charge >= 0.3 is 0 Å². The third-order valence-corrected chi connectivity index (χ3v) is 10.1. The highest BCUT2D eigenvalue weighted by Crippen LogP contribution is 2.42. The predicted octanol–water partition coefficient (Wildman–Crippen LogP) is 5.09. The number of benzene rings is 2. The summed E-state index contributed by atoms with van der Waals surface area (Å²) >= 11 is 0. The Morgan fingerprint density at radius 3 is 2.54 bits per heavy atom. The first-order valence-corrected chi connectivity index (χ1v) is 16.1. The number of hydrogen-bond acceptors (Lipinski definition) is 6. The molecule has 3 fully saturated rings. The smallest absolute Gasteiger partial charge is 0.258 e. The number of aromatic nitrogens is 3. The molecule has 2 saturated heterocycles. The molecule has 2 aliphatic heterocycles. The highest BCUT2D eigenvalue weighted by atomic mass is 19.1. The lowest BCUT2D eigenvalue weighted by molar-refractivity contribution is -0.131. The van der Waals surface area contributed by atoms with Crippen molar-refractivity contribution in [3.8, 4) is 22.3 Å². The van der Waals surface area contributed by atoms with Gasteiger partial charge in [0, 0.05) is 43.2 Å². The second kappa shape index (κ2) is 11.0. The first-order valence-electron chi connectivity index (χ1n) is 16.1. The second-order valence-electron chi connectivity index (χ2n) is 13.2. The normalized spacial score (nSPS) is 22.8. The lowest BCUT2D eigenvalue weighted by Gasteiger charge is -2.28. The summed E-state index contributed by atoms with van der Waals surface area (Å²) < 4.78 is 22.5. The lowest BCUT2D eigenvalue weighted by Crippen LogP contribution is -2.50. The number of anilines is 2. The van der Waals surface area contributed by atoms with Crippen LogP contribution in [0.25, 0.3) is 22.3 Å². The van der Waals surface area contributed by atoms with E-state index in [0.717, 1.165) is 70.9 Å². The molecule has 236 valence electrons. The molecule has 8 rings (SSSR count). The van der Waals surface area contributed by atoms with Crippen molar-refractivity contribution in [1.82, 2.24) is 20.1 Å². The average molecular weight is 621 g/mol. The topological polar surface area (TPSA) is 101 Å². The number of nitrogens with one attached hydrogen (secondary N) is 2. The number of pyridine rings is 1. The molecule has 2 aromatic heterocycles. The lowest BCUT2D eigenvalue weighted by atomic mass is 9.90. The average Bonchev–Trinajstić information content (AvgIpc) is 3.47. The van der Waals surface area contributed by atoms with E-state index in [2.05, 4.69) is 49.9 Å². The van der Waals surface area contributed by atoms with Crippen molar-refractivity contribution in [3.63, 3.8) is 0 Å². The van der Waals surface area contributed by atoms with E-state index in [1.54, 1.807) is 4.68 Å². The molecule has 2 aliphatic carbocycles. The van der Waals surface area contributed by atoms with Crippen molar-refractivity contribution in [2.24, 2.45) is 7.05 Å². The number of carbonyl (C=O) groups is 2. The predicted molar refractivity (Wildman–Crippen MR) is 173 cm³/mol. The third kappa shape index (κ3) is 5.24. The number of fused-ring (bicyclic) bond motifs is 3. The van der Waals surface area contributed by atoms with Crippen LogP contribution in [0, 0.1) is 6.92 Å². The van der Waals surface area contributed by atoms with Crippen molar-refractivity contribution in [3.05, 3.63) is 83.8 Å². The molecule has 0 spiro atoms. The summed E-state index contributed by atoms with van der Waals surface area (Å²) in [5.41, 5.74) is 5.85. The van der Waals surface area contributed by atoms with Crippen LogP contribution in [0.5, 0.6) is 0 Å². The van der Waals surface area contributed by atoms with Crippen LogP contribution < -0.4 is 15.5 Å². The van der Waals surface area contributed by atoms with Crippen LogP contribution in [-0.2, 0) is 27.8 Å². The zero-order valence-electron chi connectivity index (χ0n) is 26.0. The number of rotatable bonds is 8. The van der Waals surface area contributed by atoms with Gasteiger partial charge in [-0.1, -0.05) is 30.3 Å². The van der Waals surface area contributed by atoms with Crippen LogP contribution in [0.1, 0.15) is 48.4 Å². The minimum atomic E-state index is -1.89. The van der Waals surface area contributed by atoms with Gasteiger partial charge < -0.3 is 20.3 Å². The Morgan fingerprint density at radius 2 is 1.85 bits per heavy atom. The van der Waals surface area contributed by atoms with Crippen LogP contribution in [0.4, 0.5) is 15.9 Å². The van der Waals surface area contributed by atoms with Crippen molar-refractivity contribution < 1.29 is 18.7 Å². The fourth-order valence-corrected chi connectivity index (χ4v) is 7.39. The van der Waals surface area contributed by atoms with E-state index in [0.29, 0.717) is 18.2 Å². The molecule has 2 bridgehead atoms. The van der Waals surface area contributed by atoms with Gasteiger partial charge in [0.05, 0.1) is 24.4 Å². The number of amides is 2. The fourth-order valence-electron chi connectivity index (χ4n) is 7.39. The monoisotopic (exact) mass is 620 g/mol. The quantitative estimate of drug-likeness (QED) is 0.285. The maximum absolute atomic E-state index is 14.9. The molecule has 10 heteroatoms. The molecular weight excluding hydrogens is 583 g/mol. The summed E-state index contributed by atoms with van der Waals surface area (Å²) in [6, 6.07) is 17.5. The summed E-state index contributed by atoms with van der Waals surface area (Å²) in [6.45, 7) is 3.55. The third-order valence-electron chi connectivity index (χ3n) is 10.1. The van der Waals surface area contributed by atoms with Gasteiger partial charge in [-0.15, -0.1) is 0 Å². The summed E-state index contributed by atoms with van der Waals surface area (Å²) in [5.74, 6) is -0.422. The van der Waals surface area contributed by atoms with E-state index in [1.807, 2.05) is 56.7 Å². The summed E-state index contributed by atoms with van der Waals surface area (Å²) in [5, 5.41) is 10.2. The zero-order chi connectivity index (χ0) is 31.6. The Morgan fingerprint density at radius 1 is 1.07 bits per heavy atom. The van der Waals surface area contributed by atoms with Gasteiger partial charge in [0.15, 0.2) is 5.67 Å². The minimum Gasteiger partial charge on any atom is -0.374 e. The first-order chi connectivity index (χ1) is 22.2. The number of alkyl halides is 1. The maximum Gasteiger partial charge on any atom is 0.258 e. The molecule has 2 aromatic carbocycles. The molecule has 0 radical (unpaired) electrons. The number of morpholine rings is 1. The number of carbonyl (C=O) groups excluding carboxylic acids is 2. The van der Waals surface area contributed by atoms with Crippen molar-refractivity contribution in [2.75, 3.05) is 23.4 Å². The van der Waals surface area contributed by atoms with E-state index < -0.39 is 17.6 Å². The Balaban J connectivity index is 1.06. The SMILES string of the molecule is Cc1nn(C)cc1-c1ccc(NC(=O)[C@@H](NC(=O)C2(F)CC2)[C@@H]2CCc3ccc(-c4ccnc(N5C[C@@H]6C[C@H]5CO6)c4)cc32)cc1. The van der Waals surface area contributed by atoms with Crippen LogP contribution >= 0.6 is 0 Å². The van der Waals surface area contributed by atoms with Crippen molar-refractivity contribution in [1.29, 1.82) is 0 Å². The largest absolute Gasteiger partial charge is 0.374 e. The summed E-state index contributed by atoms with van der Waals surface area (Å²) in [6.07, 6.45) is 6.93. The fraction of sp³-hybridized carbons (Fsp3) is 0.389. The zero-order valence-corrected chi connectivity index (χ0v) is 26.0. The van der Waals surface area contributed by atoms with Gasteiger partial charge in [-0.25, -0.2) is 9.37 Å². The van der Waals surface area contributed by atoms with Gasteiger partial charge in [0.1, 0.15) is 11.9 Å². The van der Waals surface area contributed by atoms with Crippen LogP contribution in [0.3, 0.4) is 0 Å². The van der Waals surface area contributed by atoms with E-state index in [9.17, 15) is 14.0 Å². The Hall–Kier alpha value is -4.57. The second-order valence-corrected chi connectivity index (χ2v) is 13.2. The Kier molecular flexibility index (Phi) is 6.93. The molecule has 2 N–H and O–H groups in total. The molecule has 0 unspecified atom stereocenters.